The number of morpholine rings is 1. The largest absolute Gasteiger partial charge is 0.497 e. The van der Waals surface area contributed by atoms with E-state index in [0.29, 0.717) is 13.2 Å². The number of methoxy groups -OCH3 is 1. The number of rotatable bonds is 6. The number of nitrogens with zero attached hydrogens (tertiary/aromatic N) is 1. The van der Waals surface area contributed by atoms with E-state index in [4.69, 9.17) is 9.47 Å². The van der Waals surface area contributed by atoms with E-state index in [1.54, 1.807) is 7.11 Å². The number of para-hydroxylation sites is 2. The van der Waals surface area contributed by atoms with Crippen LogP contribution < -0.4 is 15.0 Å². The maximum absolute atomic E-state index is 12.7. The molecule has 138 valence electrons. The normalized spacial score (nSPS) is 15.4. The molecule has 1 amide bonds. The smallest absolute Gasteiger partial charge is 0.237 e. The van der Waals surface area contributed by atoms with E-state index in [9.17, 15) is 4.79 Å². The van der Waals surface area contributed by atoms with Gasteiger partial charge < -0.3 is 19.7 Å². The third-order valence-corrected chi connectivity index (χ3v) is 5.37. The van der Waals surface area contributed by atoms with Crippen molar-refractivity contribution >= 4 is 29.0 Å². The lowest BCUT2D eigenvalue weighted by Gasteiger charge is -2.30. The predicted molar refractivity (Wildman–Crippen MR) is 106 cm³/mol. The van der Waals surface area contributed by atoms with Gasteiger partial charge in [-0.2, -0.15) is 0 Å². The molecule has 0 radical (unpaired) electrons. The first-order valence-corrected chi connectivity index (χ1v) is 9.58. The minimum absolute atomic E-state index is 0.00784. The first-order valence-electron chi connectivity index (χ1n) is 8.70. The van der Waals surface area contributed by atoms with Crippen molar-refractivity contribution in [1.29, 1.82) is 0 Å². The molecule has 0 bridgehead atoms. The summed E-state index contributed by atoms with van der Waals surface area (Å²) in [6, 6.07) is 15.7. The second-order valence-corrected chi connectivity index (χ2v) is 7.46. The van der Waals surface area contributed by atoms with Crippen molar-refractivity contribution in [3.8, 4) is 5.75 Å². The van der Waals surface area contributed by atoms with Gasteiger partial charge in [-0.05, 0) is 43.3 Å². The average molecular weight is 372 g/mol. The number of nitrogens with one attached hydrogen (secondary N) is 1. The molecule has 2 aromatic carbocycles. The van der Waals surface area contributed by atoms with Crippen molar-refractivity contribution in [2.24, 2.45) is 0 Å². The monoisotopic (exact) mass is 372 g/mol. The van der Waals surface area contributed by atoms with Crippen LogP contribution in [0.2, 0.25) is 0 Å². The van der Waals surface area contributed by atoms with Gasteiger partial charge in [-0.1, -0.05) is 12.1 Å². The average Bonchev–Trinajstić information content (AvgIpc) is 2.69. The van der Waals surface area contributed by atoms with Crippen molar-refractivity contribution in [3.05, 3.63) is 48.5 Å². The van der Waals surface area contributed by atoms with E-state index in [2.05, 4.69) is 10.2 Å². The molecule has 1 heterocycles. The van der Waals surface area contributed by atoms with Crippen LogP contribution in [0.5, 0.6) is 5.75 Å². The molecule has 5 nitrogen and oxygen atoms in total. The third kappa shape index (κ3) is 4.71. The van der Waals surface area contributed by atoms with E-state index in [1.807, 2.05) is 55.5 Å². The lowest BCUT2D eigenvalue weighted by Crippen LogP contribution is -2.37. The van der Waals surface area contributed by atoms with Crippen molar-refractivity contribution in [1.82, 2.24) is 0 Å². The van der Waals surface area contributed by atoms with E-state index in [0.717, 1.165) is 35.1 Å². The Morgan fingerprint density at radius 3 is 2.54 bits per heavy atom. The summed E-state index contributed by atoms with van der Waals surface area (Å²) in [7, 11) is 1.64. The number of ether oxygens (including phenoxy) is 2. The summed E-state index contributed by atoms with van der Waals surface area (Å²) in [6.07, 6.45) is 0. The molecule has 6 heteroatoms. The highest BCUT2D eigenvalue weighted by atomic mass is 32.2. The van der Waals surface area contributed by atoms with Gasteiger partial charge in [0.15, 0.2) is 0 Å². The minimum atomic E-state index is -0.207. The van der Waals surface area contributed by atoms with Crippen LogP contribution in [0.3, 0.4) is 0 Å². The summed E-state index contributed by atoms with van der Waals surface area (Å²) >= 11 is 1.53. The Morgan fingerprint density at radius 1 is 1.15 bits per heavy atom. The number of amides is 1. The lowest BCUT2D eigenvalue weighted by atomic mass is 10.2. The molecule has 1 aliphatic heterocycles. The van der Waals surface area contributed by atoms with Crippen LogP contribution in [0.25, 0.3) is 0 Å². The van der Waals surface area contributed by atoms with Crippen molar-refractivity contribution in [3.63, 3.8) is 0 Å². The van der Waals surface area contributed by atoms with Gasteiger partial charge in [-0.25, -0.2) is 0 Å². The fourth-order valence-electron chi connectivity index (χ4n) is 2.81. The van der Waals surface area contributed by atoms with E-state index in [-0.39, 0.29) is 11.2 Å². The Kier molecular flexibility index (Phi) is 6.41. The number of thioether (sulfide) groups is 1. The number of anilines is 2. The van der Waals surface area contributed by atoms with Gasteiger partial charge in [-0.15, -0.1) is 11.8 Å². The fourth-order valence-corrected chi connectivity index (χ4v) is 3.67. The molecule has 3 rings (SSSR count). The molecule has 0 aromatic heterocycles. The number of carbonyl (C=O) groups is 1. The van der Waals surface area contributed by atoms with Crippen LogP contribution in [-0.4, -0.2) is 44.6 Å². The van der Waals surface area contributed by atoms with Crippen molar-refractivity contribution < 1.29 is 14.3 Å². The van der Waals surface area contributed by atoms with Gasteiger partial charge in [0.05, 0.1) is 36.9 Å². The van der Waals surface area contributed by atoms with Crippen LogP contribution in [-0.2, 0) is 9.53 Å². The molecule has 1 N–H and O–H groups in total. The summed E-state index contributed by atoms with van der Waals surface area (Å²) in [4.78, 5) is 16.0. The number of hydrogen-bond donors (Lipinski definition) is 1. The lowest BCUT2D eigenvalue weighted by molar-refractivity contribution is -0.115. The quantitative estimate of drug-likeness (QED) is 0.785. The van der Waals surface area contributed by atoms with Crippen LogP contribution in [0, 0.1) is 0 Å². The maximum atomic E-state index is 12.7. The highest BCUT2D eigenvalue weighted by Crippen LogP contribution is 2.29. The summed E-state index contributed by atoms with van der Waals surface area (Å²) in [5, 5.41) is 2.88. The Labute approximate surface area is 158 Å². The Balaban J connectivity index is 1.65. The zero-order valence-corrected chi connectivity index (χ0v) is 15.9. The van der Waals surface area contributed by atoms with Crippen LogP contribution >= 0.6 is 11.8 Å². The van der Waals surface area contributed by atoms with Gasteiger partial charge in [0, 0.05) is 18.0 Å². The Bertz CT molecular complexity index is 730. The van der Waals surface area contributed by atoms with Crippen molar-refractivity contribution in [2.75, 3.05) is 43.6 Å². The molecule has 1 aliphatic rings. The van der Waals surface area contributed by atoms with Crippen LogP contribution in [0.1, 0.15) is 6.92 Å². The van der Waals surface area contributed by atoms with Gasteiger partial charge in [-0.3, -0.25) is 4.79 Å². The number of benzene rings is 2. The standard InChI is InChI=1S/C20H24N2O3S/c1-15(26-17-9-7-16(24-2)8-10-17)20(23)21-18-5-3-4-6-19(18)22-11-13-25-14-12-22/h3-10,15H,11-14H2,1-2H3,(H,21,23). The summed E-state index contributed by atoms with van der Waals surface area (Å²) in [5.41, 5.74) is 1.90. The molecule has 2 aromatic rings. The molecule has 26 heavy (non-hydrogen) atoms. The number of hydrogen-bond acceptors (Lipinski definition) is 5. The summed E-state index contributed by atoms with van der Waals surface area (Å²) in [6.45, 7) is 5.02. The first-order chi connectivity index (χ1) is 12.7. The zero-order chi connectivity index (χ0) is 18.4. The highest BCUT2D eigenvalue weighted by molar-refractivity contribution is 8.00. The molecule has 1 fully saturated rings. The maximum Gasteiger partial charge on any atom is 0.237 e. The van der Waals surface area contributed by atoms with Gasteiger partial charge in [0.25, 0.3) is 0 Å². The Hall–Kier alpha value is -2.18. The summed E-state index contributed by atoms with van der Waals surface area (Å²) < 4.78 is 10.6. The fraction of sp³-hybridized carbons (Fsp3) is 0.350. The minimum Gasteiger partial charge on any atom is -0.497 e. The van der Waals surface area contributed by atoms with Crippen molar-refractivity contribution in [2.45, 2.75) is 17.1 Å². The van der Waals surface area contributed by atoms with Crippen LogP contribution in [0.15, 0.2) is 53.4 Å². The van der Waals surface area contributed by atoms with E-state index >= 15 is 0 Å². The van der Waals surface area contributed by atoms with Crippen LogP contribution in [0.4, 0.5) is 11.4 Å². The predicted octanol–water partition coefficient (Wildman–Crippen LogP) is 3.65. The van der Waals surface area contributed by atoms with Gasteiger partial charge in [0.2, 0.25) is 5.91 Å². The molecule has 0 spiro atoms. The van der Waals surface area contributed by atoms with Gasteiger partial charge in [0.1, 0.15) is 5.75 Å². The SMILES string of the molecule is COc1ccc(SC(C)C(=O)Nc2ccccc2N2CCOCC2)cc1. The topological polar surface area (TPSA) is 50.8 Å². The van der Waals surface area contributed by atoms with E-state index < -0.39 is 0 Å². The molecular weight excluding hydrogens is 348 g/mol. The summed E-state index contributed by atoms with van der Waals surface area (Å²) in [5.74, 6) is 0.803. The second-order valence-electron chi connectivity index (χ2n) is 6.04. The third-order valence-electron chi connectivity index (χ3n) is 4.26. The first kappa shape index (κ1) is 18.6. The van der Waals surface area contributed by atoms with Gasteiger partial charge >= 0.3 is 0 Å². The Morgan fingerprint density at radius 2 is 1.85 bits per heavy atom. The van der Waals surface area contributed by atoms with E-state index in [1.165, 1.54) is 11.8 Å². The molecule has 1 unspecified atom stereocenters. The molecule has 0 saturated carbocycles. The second kappa shape index (κ2) is 8.96. The molecule has 1 atom stereocenters. The highest BCUT2D eigenvalue weighted by Gasteiger charge is 2.19. The zero-order valence-electron chi connectivity index (χ0n) is 15.1. The molecular formula is C20H24N2O3S. The molecule has 1 saturated heterocycles. The number of carbonyl (C=O) groups excluding carboxylic acids is 1. The molecule has 0 aliphatic carbocycles.